The molecule has 8 heteroatoms. The van der Waals surface area contributed by atoms with Gasteiger partial charge >= 0.3 is 5.69 Å². The summed E-state index contributed by atoms with van der Waals surface area (Å²) in [6.45, 7) is 4.43. The molecule has 152 valence electrons. The van der Waals surface area contributed by atoms with Crippen LogP contribution in [0.4, 0.5) is 0 Å². The Morgan fingerprint density at radius 2 is 1.96 bits per heavy atom. The monoisotopic (exact) mass is 406 g/mol. The Hall–Kier alpha value is -2.38. The van der Waals surface area contributed by atoms with Gasteiger partial charge in [-0.25, -0.2) is 4.79 Å². The topological polar surface area (TPSA) is 76.3 Å². The number of carbonyl (C=O) groups is 1. The Morgan fingerprint density at radius 3 is 2.61 bits per heavy atom. The van der Waals surface area contributed by atoms with Crippen LogP contribution in [0.15, 0.2) is 52.2 Å². The minimum atomic E-state index is -0.458. The molecule has 1 saturated heterocycles. The number of aromatic nitrogens is 2. The minimum Gasteiger partial charge on any atom is -0.337 e. The zero-order valence-electron chi connectivity index (χ0n) is 16.0. The number of benzene rings is 1. The lowest BCUT2D eigenvalue weighted by Crippen LogP contribution is -2.48. The van der Waals surface area contributed by atoms with Crippen molar-refractivity contribution in [1.29, 1.82) is 0 Å². The SMILES string of the molecule is CCCN(C(=O)Cn1c(=O)ccn(Cc2ccccc2)c1=O)C1CCNC1.Cl. The molecule has 1 unspecified atom stereocenters. The Morgan fingerprint density at radius 1 is 1.21 bits per heavy atom. The zero-order valence-corrected chi connectivity index (χ0v) is 16.9. The summed E-state index contributed by atoms with van der Waals surface area (Å²) in [6.07, 6.45) is 3.22. The van der Waals surface area contributed by atoms with Crippen LogP contribution < -0.4 is 16.6 Å². The summed E-state index contributed by atoms with van der Waals surface area (Å²) in [5.74, 6) is -0.179. The molecule has 2 heterocycles. The second-order valence-corrected chi connectivity index (χ2v) is 6.87. The molecule has 2 aromatic rings. The molecule has 0 aliphatic carbocycles. The van der Waals surface area contributed by atoms with Gasteiger partial charge in [0, 0.05) is 31.4 Å². The van der Waals surface area contributed by atoms with E-state index in [4.69, 9.17) is 0 Å². The fourth-order valence-electron chi connectivity index (χ4n) is 3.49. The number of rotatable bonds is 7. The van der Waals surface area contributed by atoms with Gasteiger partial charge in [-0.1, -0.05) is 37.3 Å². The summed E-state index contributed by atoms with van der Waals surface area (Å²) in [7, 11) is 0. The molecule has 1 fully saturated rings. The maximum absolute atomic E-state index is 12.9. The highest BCUT2D eigenvalue weighted by Gasteiger charge is 2.26. The van der Waals surface area contributed by atoms with Crippen molar-refractivity contribution in [1.82, 2.24) is 19.4 Å². The Balaban J connectivity index is 0.00000280. The summed E-state index contributed by atoms with van der Waals surface area (Å²) < 4.78 is 2.50. The Bertz CT molecular complexity index is 888. The van der Waals surface area contributed by atoms with Crippen molar-refractivity contribution in [3.05, 3.63) is 69.0 Å². The van der Waals surface area contributed by atoms with Crippen LogP contribution in [-0.2, 0) is 17.9 Å². The van der Waals surface area contributed by atoms with Crippen LogP contribution >= 0.6 is 12.4 Å². The van der Waals surface area contributed by atoms with E-state index in [2.05, 4.69) is 5.32 Å². The third kappa shape index (κ3) is 5.11. The van der Waals surface area contributed by atoms with E-state index in [9.17, 15) is 14.4 Å². The van der Waals surface area contributed by atoms with Crippen molar-refractivity contribution in [3.63, 3.8) is 0 Å². The molecule has 0 saturated carbocycles. The van der Waals surface area contributed by atoms with Crippen LogP contribution in [0.3, 0.4) is 0 Å². The molecular formula is C20H27ClN4O3. The van der Waals surface area contributed by atoms with Crippen LogP contribution in [-0.4, -0.2) is 45.6 Å². The van der Waals surface area contributed by atoms with E-state index in [0.29, 0.717) is 13.1 Å². The number of carbonyl (C=O) groups excluding carboxylic acids is 1. The summed E-state index contributed by atoms with van der Waals surface area (Å²) in [5, 5.41) is 3.26. The van der Waals surface area contributed by atoms with Crippen molar-refractivity contribution in [2.75, 3.05) is 19.6 Å². The van der Waals surface area contributed by atoms with E-state index >= 15 is 0 Å². The molecular weight excluding hydrogens is 380 g/mol. The van der Waals surface area contributed by atoms with Crippen LogP contribution in [0.2, 0.25) is 0 Å². The first-order valence-corrected chi connectivity index (χ1v) is 9.44. The van der Waals surface area contributed by atoms with E-state index in [0.717, 1.165) is 36.1 Å². The number of nitrogens with zero attached hydrogens (tertiary/aromatic N) is 3. The molecule has 1 atom stereocenters. The summed E-state index contributed by atoms with van der Waals surface area (Å²) >= 11 is 0. The third-order valence-electron chi connectivity index (χ3n) is 4.89. The second-order valence-electron chi connectivity index (χ2n) is 6.87. The maximum Gasteiger partial charge on any atom is 0.331 e. The first-order valence-electron chi connectivity index (χ1n) is 9.44. The van der Waals surface area contributed by atoms with Crippen molar-refractivity contribution in [3.8, 4) is 0 Å². The largest absolute Gasteiger partial charge is 0.337 e. The third-order valence-corrected chi connectivity index (χ3v) is 4.89. The van der Waals surface area contributed by atoms with Gasteiger partial charge < -0.3 is 10.2 Å². The fourth-order valence-corrected chi connectivity index (χ4v) is 3.49. The first-order chi connectivity index (χ1) is 13.1. The molecule has 0 bridgehead atoms. The number of hydrogen-bond donors (Lipinski definition) is 1. The molecule has 1 aliphatic heterocycles. The number of halogens is 1. The summed E-state index contributed by atoms with van der Waals surface area (Å²) in [6, 6.07) is 11.0. The lowest BCUT2D eigenvalue weighted by atomic mass is 10.2. The quantitative estimate of drug-likeness (QED) is 0.746. The molecule has 3 rings (SSSR count). The average molecular weight is 407 g/mol. The molecule has 1 N–H and O–H groups in total. The molecule has 1 aromatic heterocycles. The van der Waals surface area contributed by atoms with Gasteiger partial charge in [0.1, 0.15) is 6.54 Å². The van der Waals surface area contributed by atoms with Gasteiger partial charge in [0.2, 0.25) is 5.91 Å². The zero-order chi connectivity index (χ0) is 19.2. The van der Waals surface area contributed by atoms with E-state index in [-0.39, 0.29) is 30.9 Å². The summed E-state index contributed by atoms with van der Waals surface area (Å²) in [5.41, 5.74) is 0.0557. The molecule has 1 amide bonds. The van der Waals surface area contributed by atoms with Crippen LogP contribution in [0.5, 0.6) is 0 Å². The number of hydrogen-bond acceptors (Lipinski definition) is 4. The lowest BCUT2D eigenvalue weighted by molar-refractivity contribution is -0.134. The van der Waals surface area contributed by atoms with Crippen molar-refractivity contribution in [2.24, 2.45) is 0 Å². The Labute approximate surface area is 170 Å². The highest BCUT2D eigenvalue weighted by molar-refractivity contribution is 5.85. The molecule has 1 aromatic carbocycles. The standard InChI is InChI=1S/C20H26N4O3.ClH/c1-2-11-23(17-8-10-21-13-17)19(26)15-24-18(25)9-12-22(20(24)27)14-16-6-4-3-5-7-16;/h3-7,9,12,17,21H,2,8,10-11,13-15H2,1H3;1H. The van der Waals surface area contributed by atoms with Crippen molar-refractivity contribution in [2.45, 2.75) is 38.9 Å². The van der Waals surface area contributed by atoms with Crippen LogP contribution in [0, 0.1) is 0 Å². The van der Waals surface area contributed by atoms with Gasteiger partial charge in [-0.15, -0.1) is 12.4 Å². The maximum atomic E-state index is 12.9. The second kappa shape index (κ2) is 10.2. The van der Waals surface area contributed by atoms with Gasteiger partial charge in [-0.3, -0.25) is 18.7 Å². The van der Waals surface area contributed by atoms with Crippen molar-refractivity contribution < 1.29 is 4.79 Å². The predicted octanol–water partition coefficient (Wildman–Crippen LogP) is 1.08. The van der Waals surface area contributed by atoms with Crippen LogP contribution in [0.25, 0.3) is 0 Å². The molecule has 0 spiro atoms. The minimum absolute atomic E-state index is 0. The molecule has 0 radical (unpaired) electrons. The smallest absolute Gasteiger partial charge is 0.331 e. The highest BCUT2D eigenvalue weighted by atomic mass is 35.5. The molecule has 7 nitrogen and oxygen atoms in total. The van der Waals surface area contributed by atoms with E-state index in [1.807, 2.05) is 37.3 Å². The van der Waals surface area contributed by atoms with E-state index in [1.54, 1.807) is 4.90 Å². The highest BCUT2D eigenvalue weighted by Crippen LogP contribution is 2.10. The van der Waals surface area contributed by atoms with Crippen molar-refractivity contribution >= 4 is 18.3 Å². The fraction of sp³-hybridized carbons (Fsp3) is 0.450. The number of amides is 1. The predicted molar refractivity (Wildman–Crippen MR) is 111 cm³/mol. The Kier molecular flexibility index (Phi) is 8.02. The number of nitrogens with one attached hydrogen (secondary N) is 1. The lowest BCUT2D eigenvalue weighted by Gasteiger charge is -2.28. The van der Waals surface area contributed by atoms with Gasteiger partial charge in [0.05, 0.1) is 6.54 Å². The first kappa shape index (κ1) is 21.9. The van der Waals surface area contributed by atoms with Crippen LogP contribution in [0.1, 0.15) is 25.3 Å². The normalized spacial score (nSPS) is 15.8. The van der Waals surface area contributed by atoms with Gasteiger partial charge in [0.15, 0.2) is 0 Å². The average Bonchev–Trinajstić information content (AvgIpc) is 3.20. The van der Waals surface area contributed by atoms with E-state index < -0.39 is 11.2 Å². The molecule has 1 aliphatic rings. The van der Waals surface area contributed by atoms with Gasteiger partial charge in [-0.05, 0) is 24.9 Å². The summed E-state index contributed by atoms with van der Waals surface area (Å²) in [4.78, 5) is 39.7. The molecule has 28 heavy (non-hydrogen) atoms. The van der Waals surface area contributed by atoms with Gasteiger partial charge in [0.25, 0.3) is 5.56 Å². The van der Waals surface area contributed by atoms with E-state index in [1.165, 1.54) is 16.8 Å². The van der Waals surface area contributed by atoms with Gasteiger partial charge in [-0.2, -0.15) is 0 Å².